The van der Waals surface area contributed by atoms with E-state index in [9.17, 15) is 0 Å². The molecule has 0 aliphatic rings. The third-order valence-electron chi connectivity index (χ3n) is 0. The maximum Gasteiger partial charge on any atom is 4.00 e. The molecule has 9 heteroatoms. The van der Waals surface area contributed by atoms with Crippen molar-refractivity contribution in [1.82, 2.24) is 0 Å². The van der Waals surface area contributed by atoms with Gasteiger partial charge in [-0.1, -0.05) is 0 Å². The van der Waals surface area contributed by atoms with Crippen LogP contribution in [0.1, 0.15) is 0 Å². The first kappa shape index (κ1) is 352. The van der Waals surface area contributed by atoms with Crippen LogP contribution in [0.5, 0.6) is 0 Å². The molecule has 0 aromatic rings. The Morgan fingerprint density at radius 1 is 0.556 bits per heavy atom. The molecule has 0 fully saturated rings. The minimum atomic E-state index is 0. The van der Waals surface area contributed by atoms with Gasteiger partial charge in [-0.15, -0.1) is 0 Å². The van der Waals surface area contributed by atoms with Crippen molar-refractivity contribution in [2.45, 2.75) is 0 Å². The summed E-state index contributed by atoms with van der Waals surface area (Å²) >= 11 is 0. The van der Waals surface area contributed by atoms with Gasteiger partial charge in [-0.3, -0.25) is 0 Å². The van der Waals surface area contributed by atoms with Crippen LogP contribution >= 0.6 is 0 Å². The van der Waals surface area contributed by atoms with Gasteiger partial charge in [0.15, 0.2) is 0 Å². The predicted molar refractivity (Wildman–Crippen MR) is 20.7 cm³/mol. The summed E-state index contributed by atoms with van der Waals surface area (Å²) < 4.78 is 0. The van der Waals surface area contributed by atoms with Crippen LogP contribution in [0.2, 0.25) is 0 Å². The van der Waals surface area contributed by atoms with Gasteiger partial charge in [0.1, 0.15) is 0 Å². The molecule has 0 aromatic carbocycles. The first-order valence-electron chi connectivity index (χ1n) is 0. The fourth-order valence-electron chi connectivity index (χ4n) is 0. The topological polar surface area (TPSA) is 142 Å². The third kappa shape index (κ3) is 201. The summed E-state index contributed by atoms with van der Waals surface area (Å²) in [6.07, 6.45) is 0. The summed E-state index contributed by atoms with van der Waals surface area (Å²) in [4.78, 5) is 0. The van der Waals surface area contributed by atoms with E-state index in [2.05, 4.69) is 0 Å². The zero-order valence-electron chi connectivity index (χ0n) is 4.62. The van der Waals surface area contributed by atoms with Crippen molar-refractivity contribution in [2.75, 3.05) is 0 Å². The maximum atomic E-state index is 0. The van der Waals surface area contributed by atoms with E-state index in [0.717, 1.165) is 0 Å². The van der Waals surface area contributed by atoms with E-state index in [0.29, 0.717) is 0 Å². The van der Waals surface area contributed by atoms with E-state index in [-0.39, 0.29) is 92.2 Å². The zero-order valence-corrected chi connectivity index (χ0v) is 8.87. The normalized spacial score (nSPS) is 0. The van der Waals surface area contributed by atoms with Gasteiger partial charge < -0.3 is 27.4 Å². The molecule has 0 rings (SSSR count). The minimum Gasteiger partial charge on any atom is -2.00 e. The van der Waals surface area contributed by atoms with Gasteiger partial charge in [0, 0.05) is 17.6 Å². The molecule has 9 heavy (non-hydrogen) atoms. The first-order valence-corrected chi connectivity index (χ1v) is 0. The van der Waals surface area contributed by atoms with Crippen molar-refractivity contribution in [2.24, 2.45) is 0 Å². The van der Waals surface area contributed by atoms with Crippen LogP contribution in [-0.4, -0.2) is 45.9 Å². The van der Waals surface area contributed by atoms with E-state index in [1.54, 1.807) is 0 Å². The zero-order chi connectivity index (χ0) is 0. The summed E-state index contributed by atoms with van der Waals surface area (Å²) in [6.45, 7) is 0. The Bertz CT molecular complexity index is 16.9. The van der Waals surface area contributed by atoms with E-state index >= 15 is 0 Å². The van der Waals surface area contributed by atoms with E-state index in [4.69, 9.17) is 0 Å². The van der Waals surface area contributed by atoms with Crippen LogP contribution in [0.3, 0.4) is 0 Å². The van der Waals surface area contributed by atoms with Crippen molar-refractivity contribution in [3.05, 3.63) is 0 Å². The van der Waals surface area contributed by atoms with Gasteiger partial charge in [-0.25, -0.2) is 0 Å². The Labute approximate surface area is 91.8 Å². The SMILES string of the molecule is [Al+3].[Ge].[Li+].[O-2].[O-2].[O-2].[O-2].[O-2].[Si+4]. The van der Waals surface area contributed by atoms with E-state index in [1.807, 2.05) is 0 Å². The van der Waals surface area contributed by atoms with Crippen LogP contribution in [0, 0.1) is 0 Å². The molecular formula is AlGeLiO5Si-2. The molecule has 0 saturated carbocycles. The van der Waals surface area contributed by atoms with Gasteiger partial charge in [0.25, 0.3) is 0 Å². The molecule has 0 bridgehead atoms. The molecular weight excluding hydrogens is 215 g/mol. The van der Waals surface area contributed by atoms with E-state index in [1.165, 1.54) is 0 Å². The molecule has 0 saturated heterocycles. The maximum absolute atomic E-state index is 0. The molecule has 0 aliphatic carbocycles. The number of hydrogen-bond donors (Lipinski definition) is 0. The molecule has 0 N–H and O–H groups in total. The summed E-state index contributed by atoms with van der Waals surface area (Å²) in [5, 5.41) is 0. The van der Waals surface area contributed by atoms with Gasteiger partial charge in [-0.05, 0) is 0 Å². The van der Waals surface area contributed by atoms with Crippen molar-refractivity contribution < 1.29 is 46.2 Å². The van der Waals surface area contributed by atoms with Crippen molar-refractivity contribution in [3.8, 4) is 0 Å². The molecule has 44 valence electrons. The van der Waals surface area contributed by atoms with Gasteiger partial charge in [0.2, 0.25) is 0 Å². The van der Waals surface area contributed by atoms with Crippen molar-refractivity contribution in [1.29, 1.82) is 0 Å². The number of rotatable bonds is 0. The molecule has 0 unspecified atom stereocenters. The molecule has 0 amide bonds. The summed E-state index contributed by atoms with van der Waals surface area (Å²) in [5.74, 6) is 0. The quantitative estimate of drug-likeness (QED) is 0.357. The second-order valence-electron chi connectivity index (χ2n) is 0. The van der Waals surface area contributed by atoms with Gasteiger partial charge in [0.05, 0.1) is 0 Å². The van der Waals surface area contributed by atoms with Gasteiger partial charge >= 0.3 is 47.2 Å². The van der Waals surface area contributed by atoms with Crippen LogP contribution in [-0.2, 0) is 27.4 Å². The fourth-order valence-corrected chi connectivity index (χ4v) is 0. The molecule has 0 aromatic heterocycles. The molecule has 0 aliphatic heterocycles. The summed E-state index contributed by atoms with van der Waals surface area (Å²) in [7, 11) is 0. The summed E-state index contributed by atoms with van der Waals surface area (Å²) in [5.41, 5.74) is 0. The average molecular weight is 215 g/mol. The first-order chi connectivity index (χ1) is 0. The second kappa shape index (κ2) is 256. The predicted octanol–water partition coefficient (Wildman–Crippen LogP) is -4.73. The van der Waals surface area contributed by atoms with Crippen molar-refractivity contribution in [3.63, 3.8) is 0 Å². The molecule has 0 heterocycles. The van der Waals surface area contributed by atoms with Crippen LogP contribution in [0.15, 0.2) is 0 Å². The third-order valence-corrected chi connectivity index (χ3v) is 0. The van der Waals surface area contributed by atoms with Crippen LogP contribution < -0.4 is 18.9 Å². The fraction of sp³-hybridized carbons (Fsp3) is 0. The smallest absolute Gasteiger partial charge is 2.00 e. The van der Waals surface area contributed by atoms with Crippen LogP contribution in [0.25, 0.3) is 0 Å². The molecule has 4 radical (unpaired) electrons. The Morgan fingerprint density at radius 3 is 0.556 bits per heavy atom. The minimum absolute atomic E-state index is 0. The Morgan fingerprint density at radius 2 is 0.556 bits per heavy atom. The standard InChI is InChI=1S/Al.Ge.Li.5O.Si/q+3;;+1;5*-2;+4. The Kier molecular flexibility index (Phi) is 10000. The Balaban J connectivity index is 0. The van der Waals surface area contributed by atoms with Crippen LogP contribution in [0.4, 0.5) is 0 Å². The van der Waals surface area contributed by atoms with Gasteiger partial charge in [-0.2, -0.15) is 0 Å². The monoisotopic (exact) mass is 216 g/mol. The summed E-state index contributed by atoms with van der Waals surface area (Å²) in [6, 6.07) is 0. The largest absolute Gasteiger partial charge is 4.00 e. The van der Waals surface area contributed by atoms with E-state index < -0.39 is 0 Å². The van der Waals surface area contributed by atoms with Crippen molar-refractivity contribution >= 4 is 45.9 Å². The Hall–Kier alpha value is 1.69. The second-order valence-corrected chi connectivity index (χ2v) is 0. The number of hydrogen-bond acceptors (Lipinski definition) is 0. The average Bonchev–Trinajstić information content (AvgIpc) is 0. The molecule has 5 nitrogen and oxygen atoms in total. The molecule has 0 spiro atoms. The molecule has 0 atom stereocenters.